The maximum atomic E-state index is 12.6. The number of rotatable bonds is 4. The van der Waals surface area contributed by atoms with Crippen LogP contribution in [-0.4, -0.2) is 11.1 Å². The summed E-state index contributed by atoms with van der Waals surface area (Å²) in [5, 5.41) is 9.53. The van der Waals surface area contributed by atoms with Crippen molar-refractivity contribution in [2.75, 3.05) is 0 Å². The highest BCUT2D eigenvalue weighted by Gasteiger charge is 2.11. The van der Waals surface area contributed by atoms with E-state index >= 15 is 0 Å². The first-order valence-corrected chi connectivity index (χ1v) is 8.73. The summed E-state index contributed by atoms with van der Waals surface area (Å²) >= 11 is 6.09. The first-order valence-electron chi connectivity index (χ1n) is 8.35. The molecular weight excluding hydrogens is 380 g/mol. The standard InChI is InChI=1S/C22H13ClO5/c23-17-10-14(22(25)26)6-8-20(17)27-15-7-9-19-16(11-15)18(24)12-21(28-19)13-4-2-1-3-5-13/h1-12H,(H,25,26). The molecule has 0 aliphatic rings. The van der Waals surface area contributed by atoms with Crippen LogP contribution in [0.15, 0.2) is 82.0 Å². The normalized spacial score (nSPS) is 10.8. The second-order valence-corrected chi connectivity index (χ2v) is 6.46. The molecule has 0 atom stereocenters. The molecule has 0 saturated carbocycles. The summed E-state index contributed by atoms with van der Waals surface area (Å²) in [5.74, 6) is 0.0820. The van der Waals surface area contributed by atoms with Gasteiger partial charge in [-0.2, -0.15) is 0 Å². The van der Waals surface area contributed by atoms with E-state index in [0.717, 1.165) is 5.56 Å². The highest BCUT2D eigenvalue weighted by molar-refractivity contribution is 6.32. The van der Waals surface area contributed by atoms with Gasteiger partial charge in [-0.1, -0.05) is 41.9 Å². The van der Waals surface area contributed by atoms with Gasteiger partial charge in [0.15, 0.2) is 5.43 Å². The van der Waals surface area contributed by atoms with E-state index in [2.05, 4.69) is 0 Å². The number of hydrogen-bond donors (Lipinski definition) is 1. The number of halogens is 1. The molecule has 0 aliphatic carbocycles. The van der Waals surface area contributed by atoms with Crippen LogP contribution in [0.1, 0.15) is 10.4 Å². The van der Waals surface area contributed by atoms with Crippen LogP contribution >= 0.6 is 11.6 Å². The van der Waals surface area contributed by atoms with E-state index in [-0.39, 0.29) is 21.8 Å². The highest BCUT2D eigenvalue weighted by atomic mass is 35.5. The maximum absolute atomic E-state index is 12.6. The molecule has 1 aromatic heterocycles. The summed E-state index contributed by atoms with van der Waals surface area (Å²) in [7, 11) is 0. The molecule has 5 nitrogen and oxygen atoms in total. The Bertz CT molecular complexity index is 1240. The first kappa shape index (κ1) is 17.8. The summed E-state index contributed by atoms with van der Waals surface area (Å²) < 4.78 is 11.6. The van der Waals surface area contributed by atoms with Gasteiger partial charge in [-0.25, -0.2) is 4.79 Å². The minimum atomic E-state index is -1.08. The van der Waals surface area contributed by atoms with E-state index < -0.39 is 5.97 Å². The lowest BCUT2D eigenvalue weighted by atomic mass is 10.1. The molecule has 0 bridgehead atoms. The Morgan fingerprint density at radius 3 is 2.46 bits per heavy atom. The van der Waals surface area contributed by atoms with Crippen molar-refractivity contribution in [3.63, 3.8) is 0 Å². The molecule has 6 heteroatoms. The quantitative estimate of drug-likeness (QED) is 0.489. The zero-order valence-corrected chi connectivity index (χ0v) is 15.1. The van der Waals surface area contributed by atoms with E-state index in [4.69, 9.17) is 25.9 Å². The molecule has 1 heterocycles. The van der Waals surface area contributed by atoms with Crippen molar-refractivity contribution >= 4 is 28.5 Å². The fraction of sp³-hybridized carbons (Fsp3) is 0. The third-order valence-electron chi connectivity index (χ3n) is 4.16. The Kier molecular flexibility index (Phi) is 4.59. The molecule has 0 unspecified atom stereocenters. The minimum absolute atomic E-state index is 0.0601. The monoisotopic (exact) mass is 392 g/mol. The van der Waals surface area contributed by atoms with Gasteiger partial charge in [-0.05, 0) is 36.4 Å². The fourth-order valence-electron chi connectivity index (χ4n) is 2.79. The third kappa shape index (κ3) is 3.48. The lowest BCUT2D eigenvalue weighted by molar-refractivity contribution is 0.0697. The summed E-state index contributed by atoms with van der Waals surface area (Å²) in [4.78, 5) is 23.5. The molecule has 0 amide bonds. The van der Waals surface area contributed by atoms with Gasteiger partial charge < -0.3 is 14.3 Å². The van der Waals surface area contributed by atoms with Crippen LogP contribution in [0.25, 0.3) is 22.3 Å². The van der Waals surface area contributed by atoms with Gasteiger partial charge in [0.05, 0.1) is 16.0 Å². The minimum Gasteiger partial charge on any atom is -0.478 e. The van der Waals surface area contributed by atoms with Crippen LogP contribution in [0.4, 0.5) is 0 Å². The smallest absolute Gasteiger partial charge is 0.335 e. The molecule has 3 aromatic carbocycles. The van der Waals surface area contributed by atoms with E-state index in [9.17, 15) is 9.59 Å². The fourth-order valence-corrected chi connectivity index (χ4v) is 3.01. The Morgan fingerprint density at radius 1 is 0.964 bits per heavy atom. The maximum Gasteiger partial charge on any atom is 0.335 e. The number of carboxylic acid groups (broad SMARTS) is 1. The van der Waals surface area contributed by atoms with E-state index in [1.807, 2.05) is 30.3 Å². The van der Waals surface area contributed by atoms with Gasteiger partial charge >= 0.3 is 5.97 Å². The SMILES string of the molecule is O=C(O)c1ccc(Oc2ccc3oc(-c4ccccc4)cc(=O)c3c2)c(Cl)c1. The first-order chi connectivity index (χ1) is 13.5. The molecular formula is C22H13ClO5. The average Bonchev–Trinajstić information content (AvgIpc) is 2.70. The molecule has 0 spiro atoms. The predicted molar refractivity (Wildman–Crippen MR) is 106 cm³/mol. The number of aromatic carboxylic acids is 1. The molecule has 0 saturated heterocycles. The zero-order valence-electron chi connectivity index (χ0n) is 14.4. The van der Waals surface area contributed by atoms with Gasteiger partial charge in [0.2, 0.25) is 0 Å². The Hall–Kier alpha value is -3.57. The molecule has 1 N–H and O–H groups in total. The van der Waals surface area contributed by atoms with Crippen molar-refractivity contribution in [2.24, 2.45) is 0 Å². The van der Waals surface area contributed by atoms with Crippen molar-refractivity contribution in [3.8, 4) is 22.8 Å². The second kappa shape index (κ2) is 7.21. The summed E-state index contributed by atoms with van der Waals surface area (Å²) in [6.07, 6.45) is 0. The van der Waals surface area contributed by atoms with Crippen LogP contribution in [0, 0.1) is 0 Å². The number of carbonyl (C=O) groups is 1. The van der Waals surface area contributed by atoms with Gasteiger partial charge in [0, 0.05) is 11.6 Å². The Labute approximate surface area is 164 Å². The molecule has 4 rings (SSSR count). The summed E-state index contributed by atoms with van der Waals surface area (Å²) in [6.45, 7) is 0. The van der Waals surface area contributed by atoms with E-state index in [1.54, 1.807) is 18.2 Å². The Morgan fingerprint density at radius 2 is 1.75 bits per heavy atom. The number of ether oxygens (including phenoxy) is 1. The van der Waals surface area contributed by atoms with Crippen LogP contribution < -0.4 is 10.2 Å². The summed E-state index contributed by atoms with van der Waals surface area (Å²) in [6, 6.07) is 19.8. The molecule has 0 fully saturated rings. The Balaban J connectivity index is 1.70. The largest absolute Gasteiger partial charge is 0.478 e. The highest BCUT2D eigenvalue weighted by Crippen LogP contribution is 2.32. The topological polar surface area (TPSA) is 76.7 Å². The van der Waals surface area contributed by atoms with Crippen LogP contribution in [-0.2, 0) is 0 Å². The molecule has 28 heavy (non-hydrogen) atoms. The lowest BCUT2D eigenvalue weighted by Crippen LogP contribution is -2.01. The van der Waals surface area contributed by atoms with Gasteiger partial charge in [0.1, 0.15) is 22.8 Å². The summed E-state index contributed by atoms with van der Waals surface area (Å²) in [5.41, 5.74) is 1.11. The van der Waals surface area contributed by atoms with Crippen molar-refractivity contribution in [2.45, 2.75) is 0 Å². The van der Waals surface area contributed by atoms with Crippen LogP contribution in [0.3, 0.4) is 0 Å². The lowest BCUT2D eigenvalue weighted by Gasteiger charge is -2.09. The van der Waals surface area contributed by atoms with Crippen molar-refractivity contribution in [3.05, 3.63) is 93.6 Å². The molecule has 0 aliphatic heterocycles. The van der Waals surface area contributed by atoms with Crippen LogP contribution in [0.2, 0.25) is 5.02 Å². The number of fused-ring (bicyclic) bond motifs is 1. The molecule has 138 valence electrons. The number of hydrogen-bond acceptors (Lipinski definition) is 4. The van der Waals surface area contributed by atoms with Crippen molar-refractivity contribution in [1.29, 1.82) is 0 Å². The number of carboxylic acids is 1. The third-order valence-corrected chi connectivity index (χ3v) is 4.46. The van der Waals surface area contributed by atoms with Gasteiger partial charge in [-0.15, -0.1) is 0 Å². The van der Waals surface area contributed by atoms with Gasteiger partial charge in [0.25, 0.3) is 0 Å². The molecule has 0 radical (unpaired) electrons. The molecule has 4 aromatic rings. The average molecular weight is 393 g/mol. The van der Waals surface area contributed by atoms with E-state index in [1.165, 1.54) is 24.3 Å². The van der Waals surface area contributed by atoms with Crippen LogP contribution in [0.5, 0.6) is 11.5 Å². The second-order valence-electron chi connectivity index (χ2n) is 6.05. The van der Waals surface area contributed by atoms with Crippen molar-refractivity contribution in [1.82, 2.24) is 0 Å². The van der Waals surface area contributed by atoms with Gasteiger partial charge in [-0.3, -0.25) is 4.79 Å². The predicted octanol–water partition coefficient (Wildman–Crippen LogP) is 5.60. The van der Waals surface area contributed by atoms with Crippen molar-refractivity contribution < 1.29 is 19.1 Å². The number of benzene rings is 3. The van der Waals surface area contributed by atoms with E-state index in [0.29, 0.717) is 22.5 Å². The zero-order chi connectivity index (χ0) is 19.7.